The highest BCUT2D eigenvalue weighted by molar-refractivity contribution is 7.07. The smallest absolute Gasteiger partial charge is 0.343 e. The maximum absolute atomic E-state index is 14.3. The summed E-state index contributed by atoms with van der Waals surface area (Å²) in [6.45, 7) is 16.1. The van der Waals surface area contributed by atoms with Gasteiger partial charge in [-0.25, -0.2) is 14.6 Å². The van der Waals surface area contributed by atoms with E-state index in [2.05, 4.69) is 55.7 Å². The number of fused-ring (bicyclic) bond motifs is 1. The third kappa shape index (κ3) is 7.12. The average molecular weight is 686 g/mol. The van der Waals surface area contributed by atoms with E-state index in [0.29, 0.717) is 38.7 Å². The zero-order valence-electron chi connectivity index (χ0n) is 29.5. The minimum atomic E-state index is -0.847. The lowest BCUT2D eigenvalue weighted by atomic mass is 9.87. The van der Waals surface area contributed by atoms with Crippen LogP contribution in [0.4, 0.5) is 0 Å². The maximum atomic E-state index is 14.3. The lowest BCUT2D eigenvalue weighted by Gasteiger charge is -2.25. The molecule has 1 aliphatic rings. The highest BCUT2D eigenvalue weighted by Crippen LogP contribution is 2.36. The molecule has 5 rings (SSSR count). The van der Waals surface area contributed by atoms with Crippen molar-refractivity contribution >= 4 is 29.4 Å². The van der Waals surface area contributed by atoms with Gasteiger partial charge in [-0.1, -0.05) is 50.3 Å². The van der Waals surface area contributed by atoms with Crippen LogP contribution in [0, 0.1) is 13.8 Å². The van der Waals surface area contributed by atoms with Gasteiger partial charge in [0.1, 0.15) is 0 Å². The Hall–Kier alpha value is -4.90. The molecule has 11 heteroatoms. The summed E-state index contributed by atoms with van der Waals surface area (Å²) in [7, 11) is 1.28. The Morgan fingerprint density at radius 1 is 0.959 bits per heavy atom. The monoisotopic (exact) mass is 685 g/mol. The molecule has 258 valence electrons. The van der Waals surface area contributed by atoms with E-state index in [1.807, 2.05) is 26.8 Å². The Balaban J connectivity index is 1.64. The standard InChI is InChI=1S/C38H43N3O7S/c1-10-46-30-19-25(12-17-29(30)48-21-32(42)45-9)34-33(36(44)47-11-2)23(4)39-37-41(34)35(43)31(49-37)20-26-18-22(3)40(24(26)5)28-15-13-27(14-16-28)38(6,7)8/h12-20,34H,10-11,21H2,1-9H3/b31-20-/t34-/m0/s1. The largest absolute Gasteiger partial charge is 0.490 e. The number of esters is 2. The number of benzene rings is 2. The summed E-state index contributed by atoms with van der Waals surface area (Å²) in [6.07, 6.45) is 1.89. The van der Waals surface area contributed by atoms with Gasteiger partial charge >= 0.3 is 11.9 Å². The lowest BCUT2D eigenvalue weighted by Crippen LogP contribution is -2.40. The van der Waals surface area contributed by atoms with Crippen molar-refractivity contribution < 1.29 is 28.5 Å². The summed E-state index contributed by atoms with van der Waals surface area (Å²) in [5, 5.41) is 0. The molecule has 0 spiro atoms. The summed E-state index contributed by atoms with van der Waals surface area (Å²) < 4.78 is 25.9. The second kappa shape index (κ2) is 14.3. The lowest BCUT2D eigenvalue weighted by molar-refractivity contribution is -0.143. The first-order valence-electron chi connectivity index (χ1n) is 16.2. The SMILES string of the molecule is CCOC(=O)C1=C(C)N=c2s/c(=C\c3cc(C)n(-c4ccc(C(C)(C)C)cc4)c3C)c(=O)n2[C@H]1c1ccc(OCC(=O)OC)c(OCC)c1. The fourth-order valence-corrected chi connectivity index (χ4v) is 7.01. The van der Waals surface area contributed by atoms with Gasteiger partial charge in [-0.15, -0.1) is 0 Å². The molecule has 0 N–H and O–H groups in total. The predicted molar refractivity (Wildman–Crippen MR) is 189 cm³/mol. The fraction of sp³-hybridized carbons (Fsp3) is 0.368. The van der Waals surface area contributed by atoms with E-state index < -0.39 is 18.0 Å². The molecule has 0 saturated heterocycles. The van der Waals surface area contributed by atoms with Crippen LogP contribution in [0.25, 0.3) is 11.8 Å². The fourth-order valence-electron chi connectivity index (χ4n) is 5.97. The van der Waals surface area contributed by atoms with E-state index >= 15 is 0 Å². The Bertz CT molecular complexity index is 2110. The quantitative estimate of drug-likeness (QED) is 0.204. The average Bonchev–Trinajstić information content (AvgIpc) is 3.52. The molecule has 3 heterocycles. The number of aryl methyl sites for hydroxylation is 1. The molecule has 0 bridgehead atoms. The third-order valence-corrected chi connectivity index (χ3v) is 9.40. The van der Waals surface area contributed by atoms with Crippen molar-refractivity contribution in [2.24, 2.45) is 4.99 Å². The van der Waals surface area contributed by atoms with Gasteiger partial charge in [0.2, 0.25) is 0 Å². The first kappa shape index (κ1) is 35.4. The van der Waals surface area contributed by atoms with Gasteiger partial charge in [0.05, 0.1) is 42.2 Å². The van der Waals surface area contributed by atoms with E-state index in [1.54, 1.807) is 36.6 Å². The van der Waals surface area contributed by atoms with Crippen molar-refractivity contribution in [2.75, 3.05) is 26.9 Å². The minimum Gasteiger partial charge on any atom is -0.490 e. The van der Waals surface area contributed by atoms with Crippen molar-refractivity contribution in [3.05, 3.63) is 108 Å². The van der Waals surface area contributed by atoms with Crippen LogP contribution in [0.5, 0.6) is 11.5 Å². The Labute approximate surface area is 289 Å². The highest BCUT2D eigenvalue weighted by Gasteiger charge is 2.34. The summed E-state index contributed by atoms with van der Waals surface area (Å²) in [5.41, 5.74) is 6.31. The van der Waals surface area contributed by atoms with Crippen molar-refractivity contribution in [2.45, 2.75) is 66.8 Å². The molecular formula is C38H43N3O7S. The van der Waals surface area contributed by atoms with E-state index in [9.17, 15) is 14.4 Å². The number of carbonyl (C=O) groups excluding carboxylic acids is 2. The number of ether oxygens (including phenoxy) is 4. The Morgan fingerprint density at radius 3 is 2.31 bits per heavy atom. The first-order chi connectivity index (χ1) is 23.3. The number of carbonyl (C=O) groups is 2. The molecule has 1 aliphatic heterocycles. The molecular weight excluding hydrogens is 642 g/mol. The zero-order valence-corrected chi connectivity index (χ0v) is 30.3. The summed E-state index contributed by atoms with van der Waals surface area (Å²) in [4.78, 5) is 44.7. The number of thiazole rings is 1. The number of methoxy groups -OCH3 is 1. The maximum Gasteiger partial charge on any atom is 0.343 e. The van der Waals surface area contributed by atoms with Gasteiger partial charge in [-0.2, -0.15) is 0 Å². The second-order valence-electron chi connectivity index (χ2n) is 12.8. The molecule has 2 aromatic carbocycles. The molecule has 0 radical (unpaired) electrons. The van der Waals surface area contributed by atoms with Gasteiger partial charge in [0.15, 0.2) is 22.9 Å². The molecule has 4 aromatic rings. The first-order valence-corrected chi connectivity index (χ1v) is 17.1. The number of hydrogen-bond acceptors (Lipinski definition) is 9. The van der Waals surface area contributed by atoms with Gasteiger partial charge in [0.25, 0.3) is 5.56 Å². The molecule has 0 fully saturated rings. The second-order valence-corrected chi connectivity index (χ2v) is 13.8. The molecule has 49 heavy (non-hydrogen) atoms. The topological polar surface area (TPSA) is 110 Å². The summed E-state index contributed by atoms with van der Waals surface area (Å²) in [5.74, 6) is -0.425. The van der Waals surface area contributed by atoms with Gasteiger partial charge < -0.3 is 23.5 Å². The number of aromatic nitrogens is 2. The summed E-state index contributed by atoms with van der Waals surface area (Å²) in [6, 6.07) is 14.9. The third-order valence-electron chi connectivity index (χ3n) is 8.42. The van der Waals surface area contributed by atoms with Crippen LogP contribution in [0.15, 0.2) is 69.6 Å². The van der Waals surface area contributed by atoms with Crippen LogP contribution in [-0.4, -0.2) is 48.0 Å². The summed E-state index contributed by atoms with van der Waals surface area (Å²) >= 11 is 1.27. The van der Waals surface area contributed by atoms with E-state index in [0.717, 1.165) is 22.6 Å². The van der Waals surface area contributed by atoms with Crippen molar-refractivity contribution in [1.82, 2.24) is 9.13 Å². The Kier molecular flexibility index (Phi) is 10.3. The van der Waals surface area contributed by atoms with Gasteiger partial charge in [-0.05, 0) is 93.1 Å². The van der Waals surface area contributed by atoms with Crippen molar-refractivity contribution in [1.29, 1.82) is 0 Å². The van der Waals surface area contributed by atoms with Crippen LogP contribution in [0.3, 0.4) is 0 Å². The van der Waals surface area contributed by atoms with Gasteiger partial charge in [0, 0.05) is 17.1 Å². The molecule has 10 nitrogen and oxygen atoms in total. The number of hydrogen-bond donors (Lipinski definition) is 0. The van der Waals surface area contributed by atoms with Crippen molar-refractivity contribution in [3.8, 4) is 17.2 Å². The van der Waals surface area contributed by atoms with Crippen molar-refractivity contribution in [3.63, 3.8) is 0 Å². The molecule has 0 saturated carbocycles. The van der Waals surface area contributed by atoms with Crippen LogP contribution in [0.1, 0.15) is 75.7 Å². The molecule has 0 aliphatic carbocycles. The zero-order chi connectivity index (χ0) is 35.6. The van der Waals surface area contributed by atoms with Gasteiger partial charge in [-0.3, -0.25) is 9.36 Å². The van der Waals surface area contributed by atoms with Crippen LogP contribution in [-0.2, 0) is 24.5 Å². The van der Waals surface area contributed by atoms with Crippen LogP contribution >= 0.6 is 11.3 Å². The molecule has 2 aromatic heterocycles. The number of allylic oxidation sites excluding steroid dienone is 1. The minimum absolute atomic E-state index is 0.0485. The van der Waals surface area contributed by atoms with Crippen LogP contribution in [0.2, 0.25) is 0 Å². The van der Waals surface area contributed by atoms with E-state index in [1.165, 1.54) is 24.0 Å². The van der Waals surface area contributed by atoms with Crippen LogP contribution < -0.4 is 24.4 Å². The molecule has 0 amide bonds. The number of nitrogens with zero attached hydrogens (tertiary/aromatic N) is 3. The van der Waals surface area contributed by atoms with E-state index in [4.69, 9.17) is 23.9 Å². The normalized spacial score (nSPS) is 14.7. The molecule has 1 atom stereocenters. The number of rotatable bonds is 10. The highest BCUT2D eigenvalue weighted by atomic mass is 32.1. The predicted octanol–water partition coefficient (Wildman–Crippen LogP) is 5.45. The molecule has 0 unspecified atom stereocenters. The Morgan fingerprint density at radius 2 is 1.67 bits per heavy atom. The van der Waals surface area contributed by atoms with E-state index in [-0.39, 0.29) is 29.8 Å².